The highest BCUT2D eigenvalue weighted by Crippen LogP contribution is 2.41. The third kappa shape index (κ3) is 2.68. The minimum atomic E-state index is -0.554. The van der Waals surface area contributed by atoms with E-state index in [1.807, 2.05) is 18.5 Å². The topological polar surface area (TPSA) is 70.2 Å². The van der Waals surface area contributed by atoms with Gasteiger partial charge in [-0.25, -0.2) is 4.98 Å². The molecule has 0 spiro atoms. The van der Waals surface area contributed by atoms with E-state index in [0.717, 1.165) is 23.9 Å². The first-order valence-corrected chi connectivity index (χ1v) is 8.06. The summed E-state index contributed by atoms with van der Waals surface area (Å²) in [6, 6.07) is 8.43. The number of non-ortho nitro benzene ring substituents is 1. The Labute approximate surface area is 146 Å². The van der Waals surface area contributed by atoms with Gasteiger partial charge >= 0.3 is 0 Å². The molecule has 0 atom stereocenters. The predicted molar refractivity (Wildman–Crippen MR) is 91.2 cm³/mol. The maximum atomic E-state index is 10.8. The van der Waals surface area contributed by atoms with Crippen molar-refractivity contribution in [1.29, 1.82) is 0 Å². The zero-order valence-electron chi connectivity index (χ0n) is 12.3. The first-order chi connectivity index (χ1) is 11.5. The maximum absolute atomic E-state index is 10.8. The van der Waals surface area contributed by atoms with Gasteiger partial charge in [-0.05, 0) is 25.0 Å². The summed E-state index contributed by atoms with van der Waals surface area (Å²) in [5, 5.41) is 11.0. The average molecular weight is 364 g/mol. The summed E-state index contributed by atoms with van der Waals surface area (Å²) in [5.41, 5.74) is 1.68. The number of imidazole rings is 1. The van der Waals surface area contributed by atoms with Gasteiger partial charge in [-0.2, -0.15) is 0 Å². The Hall–Kier alpha value is -2.31. The molecule has 0 bridgehead atoms. The van der Waals surface area contributed by atoms with Crippen molar-refractivity contribution in [1.82, 2.24) is 9.55 Å². The van der Waals surface area contributed by atoms with Gasteiger partial charge in [0.1, 0.15) is 5.75 Å². The lowest BCUT2D eigenvalue weighted by atomic mass is 10.2. The van der Waals surface area contributed by atoms with Crippen molar-refractivity contribution in [2.45, 2.75) is 18.9 Å². The molecule has 122 valence electrons. The van der Waals surface area contributed by atoms with Gasteiger partial charge in [0.2, 0.25) is 0 Å². The quantitative estimate of drug-likeness (QED) is 0.460. The smallest absolute Gasteiger partial charge is 0.272 e. The van der Waals surface area contributed by atoms with Crippen LogP contribution in [0.5, 0.6) is 11.5 Å². The average Bonchev–Trinajstić information content (AvgIpc) is 3.30. The highest BCUT2D eigenvalue weighted by atomic mass is 35.5. The molecule has 2 aromatic carbocycles. The van der Waals surface area contributed by atoms with Crippen LogP contribution in [-0.4, -0.2) is 14.5 Å². The van der Waals surface area contributed by atoms with Crippen LogP contribution in [-0.2, 0) is 0 Å². The van der Waals surface area contributed by atoms with Crippen molar-refractivity contribution in [3.05, 3.63) is 56.8 Å². The Morgan fingerprint density at radius 1 is 1.21 bits per heavy atom. The second kappa shape index (κ2) is 5.65. The number of nitro groups is 1. The Balaban J connectivity index is 1.71. The van der Waals surface area contributed by atoms with E-state index < -0.39 is 4.92 Å². The minimum absolute atomic E-state index is 0.0880. The molecule has 0 saturated heterocycles. The van der Waals surface area contributed by atoms with Gasteiger partial charge in [0, 0.05) is 24.2 Å². The van der Waals surface area contributed by atoms with Crippen molar-refractivity contribution in [3.8, 4) is 11.5 Å². The molecule has 4 rings (SSSR count). The Morgan fingerprint density at radius 3 is 2.54 bits per heavy atom. The number of halogens is 2. The molecule has 1 fully saturated rings. The fourth-order valence-electron chi connectivity index (χ4n) is 2.58. The maximum Gasteiger partial charge on any atom is 0.272 e. The van der Waals surface area contributed by atoms with Gasteiger partial charge < -0.3 is 9.30 Å². The van der Waals surface area contributed by atoms with E-state index in [9.17, 15) is 10.1 Å². The van der Waals surface area contributed by atoms with E-state index in [4.69, 9.17) is 27.9 Å². The first-order valence-electron chi connectivity index (χ1n) is 7.31. The summed E-state index contributed by atoms with van der Waals surface area (Å²) in [4.78, 5) is 14.7. The van der Waals surface area contributed by atoms with Gasteiger partial charge in [0.05, 0.1) is 32.3 Å². The van der Waals surface area contributed by atoms with E-state index in [2.05, 4.69) is 9.55 Å². The molecule has 0 radical (unpaired) electrons. The van der Waals surface area contributed by atoms with E-state index in [1.54, 1.807) is 6.07 Å². The van der Waals surface area contributed by atoms with Crippen LogP contribution in [0.25, 0.3) is 11.0 Å². The van der Waals surface area contributed by atoms with Gasteiger partial charge in [-0.3, -0.25) is 10.1 Å². The summed E-state index contributed by atoms with van der Waals surface area (Å²) in [7, 11) is 0. The first kappa shape index (κ1) is 15.2. The molecule has 1 aliphatic carbocycles. The molecule has 1 saturated carbocycles. The molecule has 0 unspecified atom stereocenters. The summed E-state index contributed by atoms with van der Waals surface area (Å²) in [6.45, 7) is 0. The van der Waals surface area contributed by atoms with Gasteiger partial charge in [-0.1, -0.05) is 23.2 Å². The SMILES string of the molecule is O=[N+]([O-])c1cc(Cl)c(Oc2ccc3ncn(C4CC4)c3c2)c(Cl)c1. The number of nitro benzene ring substituents is 1. The van der Waals surface area contributed by atoms with Gasteiger partial charge in [-0.15, -0.1) is 0 Å². The monoisotopic (exact) mass is 363 g/mol. The van der Waals surface area contributed by atoms with Crippen LogP contribution in [0.15, 0.2) is 36.7 Å². The lowest BCUT2D eigenvalue weighted by Gasteiger charge is -2.10. The van der Waals surface area contributed by atoms with Crippen LogP contribution in [0.4, 0.5) is 5.69 Å². The van der Waals surface area contributed by atoms with Crippen molar-refractivity contribution in [2.24, 2.45) is 0 Å². The number of fused-ring (bicyclic) bond motifs is 1. The third-order valence-electron chi connectivity index (χ3n) is 3.90. The lowest BCUT2D eigenvalue weighted by molar-refractivity contribution is -0.384. The van der Waals surface area contributed by atoms with Crippen molar-refractivity contribution in [2.75, 3.05) is 0 Å². The number of ether oxygens (including phenoxy) is 1. The molecule has 24 heavy (non-hydrogen) atoms. The lowest BCUT2D eigenvalue weighted by Crippen LogP contribution is -1.93. The van der Waals surface area contributed by atoms with E-state index in [0.29, 0.717) is 11.8 Å². The van der Waals surface area contributed by atoms with Crippen molar-refractivity contribution in [3.63, 3.8) is 0 Å². The van der Waals surface area contributed by atoms with Crippen LogP contribution in [0, 0.1) is 10.1 Å². The fraction of sp³-hybridized carbons (Fsp3) is 0.188. The van der Waals surface area contributed by atoms with E-state index in [-0.39, 0.29) is 21.5 Å². The largest absolute Gasteiger partial charge is 0.454 e. The predicted octanol–water partition coefficient (Wildman–Crippen LogP) is 5.38. The van der Waals surface area contributed by atoms with Crippen LogP contribution in [0.3, 0.4) is 0 Å². The molecule has 1 aliphatic rings. The van der Waals surface area contributed by atoms with Crippen LogP contribution >= 0.6 is 23.2 Å². The number of hydrogen-bond acceptors (Lipinski definition) is 4. The number of nitrogens with zero attached hydrogens (tertiary/aromatic N) is 3. The zero-order chi connectivity index (χ0) is 16.8. The molecular formula is C16H11Cl2N3O3. The third-order valence-corrected chi connectivity index (χ3v) is 4.46. The molecule has 1 aromatic heterocycles. The molecule has 6 nitrogen and oxygen atoms in total. The number of hydrogen-bond donors (Lipinski definition) is 0. The summed E-state index contributed by atoms with van der Waals surface area (Å²) in [5.74, 6) is 0.739. The second-order valence-corrected chi connectivity index (χ2v) is 6.45. The standard InChI is InChI=1S/C16H11Cl2N3O3/c17-12-5-10(21(22)23)6-13(18)16(12)24-11-3-4-14-15(7-11)20(8-19-14)9-1-2-9/h3-9H,1-2H2. The van der Waals surface area contributed by atoms with Crippen LogP contribution in [0.2, 0.25) is 10.0 Å². The highest BCUT2D eigenvalue weighted by molar-refractivity contribution is 6.37. The van der Waals surface area contributed by atoms with Gasteiger partial charge in [0.25, 0.3) is 5.69 Å². The molecule has 0 aliphatic heterocycles. The number of rotatable bonds is 4. The number of benzene rings is 2. The molecule has 0 amide bonds. The Kier molecular flexibility index (Phi) is 3.58. The van der Waals surface area contributed by atoms with Crippen molar-refractivity contribution >= 4 is 39.9 Å². The highest BCUT2D eigenvalue weighted by Gasteiger charge is 2.25. The van der Waals surface area contributed by atoms with Crippen LogP contribution < -0.4 is 4.74 Å². The normalized spacial score (nSPS) is 14.1. The molecular weight excluding hydrogens is 353 g/mol. The Bertz CT molecular complexity index is 943. The van der Waals surface area contributed by atoms with E-state index >= 15 is 0 Å². The zero-order valence-corrected chi connectivity index (χ0v) is 13.8. The summed E-state index contributed by atoms with van der Waals surface area (Å²) in [6.07, 6.45) is 4.13. The van der Waals surface area contributed by atoms with Crippen molar-refractivity contribution < 1.29 is 9.66 Å². The molecule has 1 heterocycles. The minimum Gasteiger partial charge on any atom is -0.454 e. The van der Waals surface area contributed by atoms with Crippen LogP contribution in [0.1, 0.15) is 18.9 Å². The molecule has 3 aromatic rings. The van der Waals surface area contributed by atoms with Gasteiger partial charge in [0.15, 0.2) is 5.75 Å². The second-order valence-electron chi connectivity index (χ2n) is 5.63. The molecule has 8 heteroatoms. The fourth-order valence-corrected chi connectivity index (χ4v) is 3.13. The molecule has 0 N–H and O–H groups in total. The number of aromatic nitrogens is 2. The van der Waals surface area contributed by atoms with E-state index in [1.165, 1.54) is 12.1 Å². The Morgan fingerprint density at radius 2 is 1.92 bits per heavy atom. The summed E-state index contributed by atoms with van der Waals surface area (Å²) < 4.78 is 7.91. The summed E-state index contributed by atoms with van der Waals surface area (Å²) >= 11 is 12.2.